The molecule has 0 aliphatic carbocycles. The van der Waals surface area contributed by atoms with Crippen molar-refractivity contribution in [1.82, 2.24) is 4.90 Å². The Labute approximate surface area is 173 Å². The van der Waals surface area contributed by atoms with Gasteiger partial charge in [0.05, 0.1) is 5.57 Å². The van der Waals surface area contributed by atoms with Crippen molar-refractivity contribution in [1.29, 1.82) is 0 Å². The molecule has 0 fully saturated rings. The summed E-state index contributed by atoms with van der Waals surface area (Å²) in [7, 11) is 1.85. The fourth-order valence-electron chi connectivity index (χ4n) is 3.77. The normalized spacial score (nSPS) is 14.1. The van der Waals surface area contributed by atoms with Crippen molar-refractivity contribution in [3.8, 4) is 0 Å². The van der Waals surface area contributed by atoms with Crippen LogP contribution in [0, 0.1) is 0 Å². The molecule has 152 valence electrons. The second kappa shape index (κ2) is 10.1. The molecule has 2 aromatic rings. The molecule has 1 aliphatic heterocycles. The molecule has 0 unspecified atom stereocenters. The molecule has 4 heteroatoms. The first-order valence-corrected chi connectivity index (χ1v) is 10.6. The maximum absolute atomic E-state index is 13.3. The Kier molecular flexibility index (Phi) is 7.23. The number of benzene rings is 2. The Morgan fingerprint density at radius 2 is 1.34 bits per heavy atom. The zero-order chi connectivity index (χ0) is 20.6. The van der Waals surface area contributed by atoms with Gasteiger partial charge in [0.25, 0.3) is 11.8 Å². The molecular formula is C25H30N2O2. The average molecular weight is 391 g/mol. The van der Waals surface area contributed by atoms with Gasteiger partial charge in [0, 0.05) is 19.3 Å². The van der Waals surface area contributed by atoms with Gasteiger partial charge in [-0.15, -0.1) is 0 Å². The molecule has 2 amide bonds. The van der Waals surface area contributed by atoms with Crippen LogP contribution >= 0.6 is 0 Å². The van der Waals surface area contributed by atoms with Gasteiger partial charge in [-0.1, -0.05) is 87.6 Å². The Morgan fingerprint density at radius 3 is 2.00 bits per heavy atom. The van der Waals surface area contributed by atoms with Crippen LogP contribution in [-0.2, 0) is 9.59 Å². The largest absolute Gasteiger partial charge is 0.339 e. The van der Waals surface area contributed by atoms with Crippen molar-refractivity contribution >= 4 is 23.1 Å². The molecular weight excluding hydrogens is 360 g/mol. The minimum atomic E-state index is -0.200. The molecule has 2 aromatic carbocycles. The molecule has 1 heterocycles. The maximum Gasteiger partial charge on any atom is 0.278 e. The average Bonchev–Trinajstić information content (AvgIpc) is 3.01. The molecule has 1 aliphatic rings. The van der Waals surface area contributed by atoms with Crippen LogP contribution in [0.15, 0.2) is 66.4 Å². The van der Waals surface area contributed by atoms with E-state index in [1.54, 1.807) is 0 Å². The minimum absolute atomic E-state index is 0.187. The van der Waals surface area contributed by atoms with Crippen LogP contribution in [0.1, 0.15) is 51.0 Å². The van der Waals surface area contributed by atoms with Crippen LogP contribution in [0.2, 0.25) is 0 Å². The van der Waals surface area contributed by atoms with Crippen molar-refractivity contribution in [2.45, 2.75) is 45.4 Å². The highest BCUT2D eigenvalue weighted by molar-refractivity contribution is 6.36. The van der Waals surface area contributed by atoms with Gasteiger partial charge in [-0.2, -0.15) is 0 Å². The lowest BCUT2D eigenvalue weighted by Gasteiger charge is -2.21. The summed E-state index contributed by atoms with van der Waals surface area (Å²) >= 11 is 0. The van der Waals surface area contributed by atoms with Crippen LogP contribution in [0.4, 0.5) is 5.69 Å². The quantitative estimate of drug-likeness (QED) is 0.410. The summed E-state index contributed by atoms with van der Waals surface area (Å²) in [6.07, 6.45) is 6.72. The van der Waals surface area contributed by atoms with Gasteiger partial charge in [0.2, 0.25) is 0 Å². The number of hydrogen-bond donors (Lipinski definition) is 0. The highest BCUT2D eigenvalue weighted by Crippen LogP contribution is 2.33. The number of carbonyl (C=O) groups is 2. The second-order valence-electron chi connectivity index (χ2n) is 7.51. The Balaban J connectivity index is 1.84. The number of hydrogen-bond acceptors (Lipinski definition) is 3. The van der Waals surface area contributed by atoms with Crippen LogP contribution in [-0.4, -0.2) is 30.3 Å². The van der Waals surface area contributed by atoms with Gasteiger partial charge >= 0.3 is 0 Å². The van der Waals surface area contributed by atoms with E-state index in [2.05, 4.69) is 6.92 Å². The zero-order valence-electron chi connectivity index (χ0n) is 17.4. The Morgan fingerprint density at radius 1 is 0.759 bits per heavy atom. The van der Waals surface area contributed by atoms with Crippen LogP contribution < -0.4 is 4.90 Å². The lowest BCUT2D eigenvalue weighted by Crippen LogP contribution is -2.35. The number of imide groups is 1. The third-order valence-corrected chi connectivity index (χ3v) is 5.42. The van der Waals surface area contributed by atoms with Crippen molar-refractivity contribution in [3.05, 3.63) is 71.9 Å². The van der Waals surface area contributed by atoms with Gasteiger partial charge in [-0.3, -0.25) is 14.5 Å². The second-order valence-corrected chi connectivity index (χ2v) is 7.51. The summed E-state index contributed by atoms with van der Waals surface area (Å²) < 4.78 is 0. The summed E-state index contributed by atoms with van der Waals surface area (Å²) in [4.78, 5) is 29.8. The number of nitrogens with zero attached hydrogens (tertiary/aromatic N) is 2. The third kappa shape index (κ3) is 4.76. The number of carbonyl (C=O) groups excluding carboxylic acids is 2. The molecule has 0 N–H and O–H groups in total. The van der Waals surface area contributed by atoms with E-state index in [0.29, 0.717) is 17.8 Å². The van der Waals surface area contributed by atoms with Crippen molar-refractivity contribution in [2.75, 3.05) is 18.5 Å². The third-order valence-electron chi connectivity index (χ3n) is 5.42. The number of rotatable bonds is 10. The van der Waals surface area contributed by atoms with E-state index in [0.717, 1.165) is 30.5 Å². The number of anilines is 1. The zero-order valence-corrected chi connectivity index (χ0v) is 17.4. The Hall–Kier alpha value is -2.88. The number of amides is 2. The molecule has 3 rings (SSSR count). The van der Waals surface area contributed by atoms with E-state index in [4.69, 9.17) is 0 Å². The van der Waals surface area contributed by atoms with Crippen molar-refractivity contribution < 1.29 is 9.59 Å². The SMILES string of the molecule is CCCCCCCCN1C(=O)C(c2ccccc2)=C(N(C)c2ccccc2)C1=O. The molecule has 0 atom stereocenters. The number of likely N-dealkylation sites (N-methyl/N-ethyl adjacent to an activating group) is 1. The van der Waals surface area contributed by atoms with E-state index in [-0.39, 0.29) is 11.8 Å². The fourth-order valence-corrected chi connectivity index (χ4v) is 3.77. The highest BCUT2D eigenvalue weighted by Gasteiger charge is 2.40. The van der Waals surface area contributed by atoms with E-state index in [1.165, 1.54) is 24.2 Å². The van der Waals surface area contributed by atoms with E-state index >= 15 is 0 Å². The topological polar surface area (TPSA) is 40.6 Å². The predicted molar refractivity (Wildman–Crippen MR) is 118 cm³/mol. The lowest BCUT2D eigenvalue weighted by molar-refractivity contribution is -0.136. The summed E-state index contributed by atoms with van der Waals surface area (Å²) in [5.41, 5.74) is 2.62. The molecule has 0 saturated heterocycles. The smallest absolute Gasteiger partial charge is 0.278 e. The maximum atomic E-state index is 13.3. The fraction of sp³-hybridized carbons (Fsp3) is 0.360. The molecule has 29 heavy (non-hydrogen) atoms. The molecule has 0 bridgehead atoms. The van der Waals surface area contributed by atoms with Crippen molar-refractivity contribution in [3.63, 3.8) is 0 Å². The molecule has 0 saturated carbocycles. The Bertz CT molecular complexity index is 859. The first-order chi connectivity index (χ1) is 14.1. The first kappa shape index (κ1) is 20.8. The van der Waals surface area contributed by atoms with Crippen molar-refractivity contribution in [2.24, 2.45) is 0 Å². The standard InChI is InChI=1S/C25H30N2O2/c1-3-4-5-6-7-14-19-27-24(28)22(20-15-10-8-11-16-20)23(25(27)29)26(2)21-17-12-9-13-18-21/h8-13,15-18H,3-7,14,19H2,1-2H3. The van der Waals surface area contributed by atoms with Crippen LogP contribution in [0.25, 0.3) is 5.57 Å². The van der Waals surface area contributed by atoms with Gasteiger partial charge < -0.3 is 4.90 Å². The molecule has 0 spiro atoms. The molecule has 4 nitrogen and oxygen atoms in total. The van der Waals surface area contributed by atoms with Crippen LogP contribution in [0.3, 0.4) is 0 Å². The lowest BCUT2D eigenvalue weighted by atomic mass is 10.0. The van der Waals surface area contributed by atoms with Gasteiger partial charge in [0.15, 0.2) is 0 Å². The monoisotopic (exact) mass is 390 g/mol. The number of para-hydroxylation sites is 1. The summed E-state index contributed by atoms with van der Waals surface area (Å²) in [5.74, 6) is -0.388. The van der Waals surface area contributed by atoms with E-state index < -0.39 is 0 Å². The summed E-state index contributed by atoms with van der Waals surface area (Å²) in [6, 6.07) is 19.2. The van der Waals surface area contributed by atoms with E-state index in [1.807, 2.05) is 72.6 Å². The molecule has 0 radical (unpaired) electrons. The first-order valence-electron chi connectivity index (χ1n) is 10.6. The summed E-state index contributed by atoms with van der Waals surface area (Å²) in [6.45, 7) is 2.68. The minimum Gasteiger partial charge on any atom is -0.339 e. The van der Waals surface area contributed by atoms with Gasteiger partial charge in [-0.05, 0) is 24.1 Å². The number of unbranched alkanes of at least 4 members (excludes halogenated alkanes) is 5. The van der Waals surface area contributed by atoms with E-state index in [9.17, 15) is 9.59 Å². The molecule has 0 aromatic heterocycles. The summed E-state index contributed by atoms with van der Waals surface area (Å²) in [5, 5.41) is 0. The van der Waals surface area contributed by atoms with Crippen LogP contribution in [0.5, 0.6) is 0 Å². The van der Waals surface area contributed by atoms with Gasteiger partial charge in [0.1, 0.15) is 5.70 Å². The predicted octanol–water partition coefficient (Wildman–Crippen LogP) is 5.26. The highest BCUT2D eigenvalue weighted by atomic mass is 16.2. The van der Waals surface area contributed by atoms with Gasteiger partial charge in [-0.25, -0.2) is 0 Å².